The molecule has 0 aromatic heterocycles. The number of allylic oxidation sites excluding steroid dienone is 4. The molecule has 0 bridgehead atoms. The summed E-state index contributed by atoms with van der Waals surface area (Å²) < 4.78 is 33.4. The Hall–Kier alpha value is -1.67. The van der Waals surface area contributed by atoms with Crippen molar-refractivity contribution in [3.63, 3.8) is 0 Å². The van der Waals surface area contributed by atoms with Gasteiger partial charge in [-0.05, 0) is 57.8 Å². The van der Waals surface area contributed by atoms with E-state index < -0.39 is 75.7 Å². The first kappa shape index (κ1) is 51.3. The highest BCUT2D eigenvalue weighted by Crippen LogP contribution is 2.47. The summed E-state index contributed by atoms with van der Waals surface area (Å²) in [4.78, 5) is 35.5. The quantitative estimate of drug-likeness (QED) is 0.0164. The molecular weight excluding hydrogens is 731 g/mol. The summed E-state index contributed by atoms with van der Waals surface area (Å²) in [5.41, 5.74) is 0. The van der Waals surface area contributed by atoms with E-state index in [2.05, 4.69) is 38.2 Å². The van der Waals surface area contributed by atoms with Crippen molar-refractivity contribution in [2.45, 2.75) is 211 Å². The Labute approximate surface area is 330 Å². The molecule has 1 fully saturated rings. The van der Waals surface area contributed by atoms with Crippen LogP contribution in [0.3, 0.4) is 0 Å². The maximum Gasteiger partial charge on any atom is 0.472 e. The zero-order valence-electron chi connectivity index (χ0n) is 33.7. The fourth-order valence-corrected chi connectivity index (χ4v) is 7.23. The fraction of sp³-hybridized carbons (Fsp3) is 0.854. The maximum absolute atomic E-state index is 12.8. The van der Waals surface area contributed by atoms with Gasteiger partial charge in [-0.3, -0.25) is 18.6 Å². The summed E-state index contributed by atoms with van der Waals surface area (Å²) >= 11 is 0. The van der Waals surface area contributed by atoms with Crippen molar-refractivity contribution in [2.75, 3.05) is 13.2 Å². The van der Waals surface area contributed by atoms with Crippen molar-refractivity contribution in [2.24, 2.45) is 0 Å². The van der Waals surface area contributed by atoms with Gasteiger partial charge in [0.05, 0.1) is 6.61 Å². The normalized spacial score (nSPS) is 23.3. The molecule has 0 heterocycles. The number of unbranched alkanes of at least 4 members (excludes halogenated alkanes) is 18. The zero-order chi connectivity index (χ0) is 40.7. The molecule has 0 saturated heterocycles. The summed E-state index contributed by atoms with van der Waals surface area (Å²) in [5, 5.41) is 50.0. The average molecular weight is 807 g/mol. The minimum Gasteiger partial charge on any atom is -0.462 e. The van der Waals surface area contributed by atoms with Gasteiger partial charge in [0.1, 0.15) is 43.2 Å². The van der Waals surface area contributed by atoms with Gasteiger partial charge in [-0.25, -0.2) is 4.57 Å². The van der Waals surface area contributed by atoms with E-state index in [1.54, 1.807) is 0 Å². The highest BCUT2D eigenvalue weighted by molar-refractivity contribution is 7.47. The van der Waals surface area contributed by atoms with E-state index in [1.807, 2.05) is 0 Å². The van der Waals surface area contributed by atoms with Crippen LogP contribution in [0.5, 0.6) is 0 Å². The molecule has 0 spiro atoms. The lowest BCUT2D eigenvalue weighted by molar-refractivity contribution is -0.220. The number of rotatable bonds is 34. The molecule has 6 unspecified atom stereocenters. The lowest BCUT2D eigenvalue weighted by Gasteiger charge is -2.41. The Balaban J connectivity index is 2.51. The van der Waals surface area contributed by atoms with Gasteiger partial charge in [-0.1, -0.05) is 122 Å². The monoisotopic (exact) mass is 806 g/mol. The Bertz CT molecular complexity index is 1070. The second-order valence-electron chi connectivity index (χ2n) is 14.8. The molecule has 0 radical (unpaired) electrons. The number of aliphatic hydroxyl groups is 5. The molecule has 322 valence electrons. The van der Waals surface area contributed by atoms with Crippen LogP contribution >= 0.6 is 7.82 Å². The topological polar surface area (TPSA) is 210 Å². The van der Waals surface area contributed by atoms with Gasteiger partial charge >= 0.3 is 19.8 Å². The molecule has 55 heavy (non-hydrogen) atoms. The Morgan fingerprint density at radius 3 is 1.44 bits per heavy atom. The van der Waals surface area contributed by atoms with Gasteiger partial charge in [-0.2, -0.15) is 0 Å². The Morgan fingerprint density at radius 2 is 0.945 bits per heavy atom. The number of phosphoric ester groups is 1. The van der Waals surface area contributed by atoms with Crippen molar-refractivity contribution < 1.29 is 63.1 Å². The number of ether oxygens (including phenoxy) is 2. The number of hydrogen-bond donors (Lipinski definition) is 6. The number of carbonyl (C=O) groups excluding carboxylic acids is 2. The molecule has 6 atom stereocenters. The van der Waals surface area contributed by atoms with Gasteiger partial charge in [-0.15, -0.1) is 0 Å². The average Bonchev–Trinajstić information content (AvgIpc) is 3.16. The van der Waals surface area contributed by atoms with Crippen LogP contribution in [0.4, 0.5) is 0 Å². The van der Waals surface area contributed by atoms with Gasteiger partial charge in [0.25, 0.3) is 0 Å². The van der Waals surface area contributed by atoms with Crippen molar-refractivity contribution in [1.82, 2.24) is 0 Å². The predicted octanol–water partition coefficient (Wildman–Crippen LogP) is 7.28. The third-order valence-electron chi connectivity index (χ3n) is 9.77. The number of aliphatic hydroxyl groups excluding tert-OH is 5. The molecule has 1 aliphatic carbocycles. The minimum atomic E-state index is -5.11. The number of phosphoric acid groups is 1. The fourth-order valence-electron chi connectivity index (χ4n) is 6.26. The highest BCUT2D eigenvalue weighted by Gasteiger charge is 2.51. The second-order valence-corrected chi connectivity index (χ2v) is 16.2. The van der Waals surface area contributed by atoms with Crippen molar-refractivity contribution in [3.8, 4) is 0 Å². The van der Waals surface area contributed by atoms with Crippen LogP contribution in [0.1, 0.15) is 168 Å². The van der Waals surface area contributed by atoms with Crippen LogP contribution in [0.2, 0.25) is 0 Å². The van der Waals surface area contributed by atoms with Crippen molar-refractivity contribution in [3.05, 3.63) is 24.3 Å². The van der Waals surface area contributed by atoms with Crippen molar-refractivity contribution >= 4 is 19.8 Å². The SMILES string of the molecule is CCCC/C=C\CCCCCCCC(=O)OCC(COP(=O)(O)OC1C(O)C(O)C(O)C(O)C1O)OC(=O)CCCCCCC/C=C\CCCCCCCC. The number of esters is 2. The summed E-state index contributed by atoms with van der Waals surface area (Å²) in [5.74, 6) is -1.12. The number of hydrogen-bond acceptors (Lipinski definition) is 12. The molecule has 0 amide bonds. The van der Waals surface area contributed by atoms with E-state index in [-0.39, 0.29) is 12.8 Å². The lowest BCUT2D eigenvalue weighted by atomic mass is 9.85. The first-order valence-corrected chi connectivity index (χ1v) is 22.6. The highest BCUT2D eigenvalue weighted by atomic mass is 31.2. The first-order chi connectivity index (χ1) is 26.4. The van der Waals surface area contributed by atoms with Gasteiger partial charge in [0.2, 0.25) is 0 Å². The van der Waals surface area contributed by atoms with Crippen LogP contribution in [-0.2, 0) is 32.7 Å². The third kappa shape index (κ3) is 25.3. The largest absolute Gasteiger partial charge is 0.472 e. The van der Waals surface area contributed by atoms with E-state index >= 15 is 0 Å². The molecule has 13 nitrogen and oxygen atoms in total. The van der Waals surface area contributed by atoms with E-state index in [9.17, 15) is 44.6 Å². The predicted molar refractivity (Wildman–Crippen MR) is 212 cm³/mol. The second kappa shape index (κ2) is 32.3. The van der Waals surface area contributed by atoms with Gasteiger partial charge in [0.15, 0.2) is 6.10 Å². The molecule has 6 N–H and O–H groups in total. The molecular formula is C41H75O13P. The smallest absolute Gasteiger partial charge is 0.462 e. The molecule has 1 rings (SSSR count). The number of carbonyl (C=O) groups is 2. The summed E-state index contributed by atoms with van der Waals surface area (Å²) in [7, 11) is -5.11. The zero-order valence-corrected chi connectivity index (χ0v) is 34.6. The molecule has 0 aliphatic heterocycles. The first-order valence-electron chi connectivity index (χ1n) is 21.1. The van der Waals surface area contributed by atoms with Crippen LogP contribution in [0.25, 0.3) is 0 Å². The summed E-state index contributed by atoms with van der Waals surface area (Å²) in [6.45, 7) is 3.22. The lowest BCUT2D eigenvalue weighted by Crippen LogP contribution is -2.64. The van der Waals surface area contributed by atoms with Gasteiger partial charge < -0.3 is 39.9 Å². The molecule has 1 saturated carbocycles. The summed E-state index contributed by atoms with van der Waals surface area (Å²) in [6.07, 6.45) is 19.6. The maximum atomic E-state index is 12.8. The molecule has 14 heteroatoms. The van der Waals surface area contributed by atoms with Crippen LogP contribution < -0.4 is 0 Å². The molecule has 0 aromatic carbocycles. The van der Waals surface area contributed by atoms with E-state index in [0.717, 1.165) is 77.0 Å². The third-order valence-corrected chi connectivity index (χ3v) is 10.8. The van der Waals surface area contributed by atoms with Crippen LogP contribution in [0.15, 0.2) is 24.3 Å². The summed E-state index contributed by atoms with van der Waals surface area (Å²) in [6, 6.07) is 0. The molecule has 1 aliphatic rings. The van der Waals surface area contributed by atoms with Crippen LogP contribution in [-0.4, -0.2) is 98.3 Å². The Kier molecular flexibility index (Phi) is 30.2. The minimum absolute atomic E-state index is 0.0863. The van der Waals surface area contributed by atoms with Gasteiger partial charge in [0, 0.05) is 12.8 Å². The van der Waals surface area contributed by atoms with Crippen LogP contribution in [0, 0.1) is 0 Å². The van der Waals surface area contributed by atoms with E-state index in [4.69, 9.17) is 18.5 Å². The molecule has 0 aromatic rings. The van der Waals surface area contributed by atoms with Crippen molar-refractivity contribution in [1.29, 1.82) is 0 Å². The van der Waals surface area contributed by atoms with E-state index in [0.29, 0.717) is 12.8 Å². The standard InChI is InChI=1S/C41H75O13P/c1-3-5-7-9-11-13-15-16-17-18-20-22-24-26-28-30-35(43)53-33(31-51-34(42)29-27-25-23-21-19-14-12-10-8-6-4-2)32-52-55(49,50)54-41-39(47)37(45)36(44)38(46)40(41)48/h10,12,16-17,33,36-41,44-48H,3-9,11,13-15,18-32H2,1-2H3,(H,49,50)/b12-10-,17-16-. The Morgan fingerprint density at radius 1 is 0.545 bits per heavy atom. The van der Waals surface area contributed by atoms with E-state index in [1.165, 1.54) is 51.4 Å².